The van der Waals surface area contributed by atoms with Crippen LogP contribution in [0.15, 0.2) is 24.5 Å². The van der Waals surface area contributed by atoms with E-state index in [1.54, 1.807) is 0 Å². The van der Waals surface area contributed by atoms with E-state index in [4.69, 9.17) is 20.0 Å². The number of carbonyl (C=O) groups is 3. The summed E-state index contributed by atoms with van der Waals surface area (Å²) in [4.78, 5) is 34.5. The van der Waals surface area contributed by atoms with Crippen molar-refractivity contribution in [1.29, 1.82) is 0 Å². The van der Waals surface area contributed by atoms with Crippen molar-refractivity contribution in [1.82, 2.24) is 15.1 Å². The summed E-state index contributed by atoms with van der Waals surface area (Å²) in [7, 11) is 0. The molecule has 1 aromatic carbocycles. The maximum atomic E-state index is 13.1. The van der Waals surface area contributed by atoms with Gasteiger partial charge in [-0.05, 0) is 89.9 Å². The molecule has 0 radical (unpaired) electrons. The van der Waals surface area contributed by atoms with Gasteiger partial charge in [0, 0.05) is 34.8 Å². The number of fused-ring (bicyclic) bond motifs is 1. The Morgan fingerprint density at radius 3 is 2.30 bits per heavy atom. The fourth-order valence-electron chi connectivity index (χ4n) is 5.65. The van der Waals surface area contributed by atoms with Crippen LogP contribution < -0.4 is 15.0 Å². The van der Waals surface area contributed by atoms with Crippen molar-refractivity contribution in [2.75, 3.05) is 18.0 Å². The van der Waals surface area contributed by atoms with Crippen LogP contribution in [0.2, 0.25) is 0 Å². The van der Waals surface area contributed by atoms with Crippen molar-refractivity contribution in [2.45, 2.75) is 95.7 Å². The average molecular weight is 553 g/mol. The van der Waals surface area contributed by atoms with Gasteiger partial charge in [0.1, 0.15) is 5.75 Å². The first kappa shape index (κ1) is 28.1. The van der Waals surface area contributed by atoms with Crippen LogP contribution in [0.3, 0.4) is 0 Å². The monoisotopic (exact) mass is 552 g/mol. The van der Waals surface area contributed by atoms with Crippen LogP contribution in [0.4, 0.5) is 5.69 Å². The summed E-state index contributed by atoms with van der Waals surface area (Å²) in [6, 6.07) is 5.05. The lowest BCUT2D eigenvalue weighted by molar-refractivity contribution is -0.143. The number of nitrogens with one attached hydrogen (secondary N) is 1. The second kappa shape index (κ2) is 12.4. The van der Waals surface area contributed by atoms with Crippen LogP contribution in [-0.2, 0) is 20.8 Å². The van der Waals surface area contributed by atoms with Gasteiger partial charge >= 0.3 is 11.9 Å². The van der Waals surface area contributed by atoms with Gasteiger partial charge in [0.25, 0.3) is 0 Å². The average Bonchev–Trinajstić information content (AvgIpc) is 3.66. The first-order valence-electron chi connectivity index (χ1n) is 14.7. The molecule has 1 saturated heterocycles. The molecule has 0 bridgehead atoms. The molecule has 2 aromatic rings. The number of hydrogen-bond acceptors (Lipinski definition) is 6. The van der Waals surface area contributed by atoms with E-state index >= 15 is 0 Å². The Bertz CT molecular complexity index is 1210. The molecule has 0 unspecified atom stereocenters. The molecule has 40 heavy (non-hydrogen) atoms. The zero-order valence-corrected chi connectivity index (χ0v) is 23.2. The van der Waals surface area contributed by atoms with Crippen molar-refractivity contribution in [3.8, 4) is 16.9 Å². The van der Waals surface area contributed by atoms with Crippen LogP contribution in [0.1, 0.15) is 82.7 Å². The number of carbonyl (C=O) groups excluding carboxylic acids is 1. The summed E-state index contributed by atoms with van der Waals surface area (Å²) >= 11 is 0. The van der Waals surface area contributed by atoms with Crippen LogP contribution in [0.25, 0.3) is 11.1 Å². The Hall–Kier alpha value is -3.40. The van der Waals surface area contributed by atoms with Gasteiger partial charge in [-0.3, -0.25) is 19.1 Å². The van der Waals surface area contributed by atoms with Crippen LogP contribution in [-0.4, -0.2) is 63.1 Å². The first-order valence-corrected chi connectivity index (χ1v) is 14.7. The first-order chi connectivity index (χ1) is 19.3. The minimum atomic E-state index is -1.08. The molecule has 216 valence electrons. The Morgan fingerprint density at radius 1 is 1.00 bits per heavy atom. The lowest BCUT2D eigenvalue weighted by atomic mass is 9.91. The molecule has 1 amide bonds. The smallest absolute Gasteiger partial charge is 0.303 e. The molecule has 1 aromatic heterocycles. The lowest BCUT2D eigenvalue weighted by Gasteiger charge is -2.38. The molecule has 2 saturated carbocycles. The number of carboxylic acid groups (broad SMARTS) is 2. The molecule has 4 aliphatic rings. The van der Waals surface area contributed by atoms with E-state index in [2.05, 4.69) is 40.2 Å². The minimum Gasteiger partial charge on any atom is -0.489 e. The molecule has 6 rings (SSSR count). The number of ether oxygens (including phenoxy) is 1. The van der Waals surface area contributed by atoms with Gasteiger partial charge in [-0.25, -0.2) is 0 Å². The number of rotatable bonds is 8. The predicted molar refractivity (Wildman–Crippen MR) is 150 cm³/mol. The third-order valence-electron chi connectivity index (χ3n) is 8.40. The Labute approximate surface area is 234 Å². The van der Waals surface area contributed by atoms with Crippen molar-refractivity contribution < 1.29 is 29.3 Å². The number of amides is 1. The maximum Gasteiger partial charge on any atom is 0.303 e. The van der Waals surface area contributed by atoms with Gasteiger partial charge in [-0.2, -0.15) is 5.10 Å². The highest BCUT2D eigenvalue weighted by atomic mass is 16.5. The normalized spacial score (nSPS) is 21.0. The fraction of sp³-hybridized carbons (Fsp3) is 0.600. The molecule has 10 nitrogen and oxygen atoms in total. The second-order valence-corrected chi connectivity index (χ2v) is 11.5. The Morgan fingerprint density at radius 2 is 1.70 bits per heavy atom. The van der Waals surface area contributed by atoms with Crippen LogP contribution in [0, 0.1) is 5.92 Å². The number of carboxylic acids is 2. The summed E-state index contributed by atoms with van der Waals surface area (Å²) in [6.45, 7) is 4.29. The number of aromatic nitrogens is 2. The zero-order chi connectivity index (χ0) is 28.2. The maximum absolute atomic E-state index is 13.1. The number of anilines is 1. The molecule has 3 N–H and O–H groups in total. The summed E-state index contributed by atoms with van der Waals surface area (Å²) in [6.07, 6.45) is 13.7. The van der Waals surface area contributed by atoms with E-state index in [1.807, 2.05) is 6.20 Å². The van der Waals surface area contributed by atoms with E-state index in [0.29, 0.717) is 18.1 Å². The van der Waals surface area contributed by atoms with Crippen molar-refractivity contribution >= 4 is 23.5 Å². The summed E-state index contributed by atoms with van der Waals surface area (Å²) in [5, 5.41) is 24.0. The number of benzene rings is 1. The summed E-state index contributed by atoms with van der Waals surface area (Å²) < 4.78 is 8.79. The second-order valence-electron chi connectivity index (χ2n) is 11.5. The summed E-state index contributed by atoms with van der Waals surface area (Å²) in [5.74, 6) is -0.626. The quantitative estimate of drug-likeness (QED) is 0.438. The van der Waals surface area contributed by atoms with Crippen molar-refractivity contribution in [3.63, 3.8) is 0 Å². The fourth-order valence-corrected chi connectivity index (χ4v) is 5.65. The third kappa shape index (κ3) is 6.49. The molecule has 0 spiro atoms. The molecular weight excluding hydrogens is 512 g/mol. The van der Waals surface area contributed by atoms with Gasteiger partial charge in [0.15, 0.2) is 0 Å². The molecule has 2 aliphatic carbocycles. The summed E-state index contributed by atoms with van der Waals surface area (Å²) in [5.41, 5.74) is 4.55. The highest BCUT2D eigenvalue weighted by molar-refractivity contribution is 5.99. The van der Waals surface area contributed by atoms with E-state index in [9.17, 15) is 14.4 Å². The largest absolute Gasteiger partial charge is 0.489 e. The molecule has 10 heteroatoms. The Balaban J connectivity index is 0.000000355. The zero-order valence-electron chi connectivity index (χ0n) is 23.2. The Kier molecular flexibility index (Phi) is 8.73. The van der Waals surface area contributed by atoms with Crippen molar-refractivity contribution in [2.24, 2.45) is 5.92 Å². The van der Waals surface area contributed by atoms with E-state index in [0.717, 1.165) is 87.0 Å². The van der Waals surface area contributed by atoms with Gasteiger partial charge in [0.2, 0.25) is 5.91 Å². The molecular formula is C30H40N4O6. The van der Waals surface area contributed by atoms with Crippen LogP contribution >= 0.6 is 0 Å². The highest BCUT2D eigenvalue weighted by Crippen LogP contribution is 2.46. The number of hydrogen-bond donors (Lipinski definition) is 3. The van der Waals surface area contributed by atoms with E-state index in [-0.39, 0.29) is 24.8 Å². The predicted octanol–water partition coefficient (Wildman–Crippen LogP) is 4.42. The number of piperidine rings is 1. The molecule has 3 heterocycles. The third-order valence-corrected chi connectivity index (χ3v) is 8.40. The SMILES string of the molecule is C[C@H]1CCc2c(ccc(-c3cnn(C4CCNCC4)c3)c2OC2CCC2)N1C(=O)C1CC1.O=C(O)CCC(=O)O. The molecule has 2 aliphatic heterocycles. The van der Waals surface area contributed by atoms with E-state index < -0.39 is 11.9 Å². The minimum absolute atomic E-state index is 0.224. The van der Waals surface area contributed by atoms with Gasteiger partial charge in [-0.1, -0.05) is 0 Å². The standard InChI is InChI=1S/C26H34N4O2.C4H6O4/c1-17-5-8-23-24(30(17)26(31)18-6-7-18)10-9-22(25(23)32-21-3-2-4-21)19-15-28-29(16-19)20-11-13-27-14-12-20;5-3(6)1-2-4(7)8/h9-10,15-18,20-21,27H,2-8,11-14H2,1H3;1-2H2,(H,5,6)(H,7,8)/t17-;/m0./s1. The highest BCUT2D eigenvalue weighted by Gasteiger charge is 2.39. The number of nitrogens with zero attached hydrogens (tertiary/aromatic N) is 3. The molecule has 3 fully saturated rings. The van der Waals surface area contributed by atoms with Gasteiger partial charge < -0.3 is 25.2 Å². The van der Waals surface area contributed by atoms with Crippen molar-refractivity contribution in [3.05, 3.63) is 30.1 Å². The number of aliphatic carboxylic acids is 2. The molecule has 1 atom stereocenters. The van der Waals surface area contributed by atoms with E-state index in [1.165, 1.54) is 12.0 Å². The topological polar surface area (TPSA) is 134 Å². The van der Waals surface area contributed by atoms with Gasteiger partial charge in [-0.15, -0.1) is 0 Å². The van der Waals surface area contributed by atoms with Gasteiger partial charge in [0.05, 0.1) is 36.9 Å². The lowest BCUT2D eigenvalue weighted by Crippen LogP contribution is -2.43. The van der Waals surface area contributed by atoms with Crippen LogP contribution in [0.5, 0.6) is 5.75 Å².